The number of carboxylic acid groups (broad SMARTS) is 1. The third kappa shape index (κ3) is 5.58. The summed E-state index contributed by atoms with van der Waals surface area (Å²) < 4.78 is 0. The van der Waals surface area contributed by atoms with Crippen molar-refractivity contribution in [2.24, 2.45) is 0 Å². The Morgan fingerprint density at radius 2 is 1.84 bits per heavy atom. The quantitative estimate of drug-likeness (QED) is 0.581. The average molecular weight is 363 g/mol. The van der Waals surface area contributed by atoms with Crippen LogP contribution in [0.15, 0.2) is 48.5 Å². The summed E-state index contributed by atoms with van der Waals surface area (Å²) >= 11 is 5.87. The van der Waals surface area contributed by atoms with Crippen molar-refractivity contribution in [3.05, 3.63) is 74.8 Å². The van der Waals surface area contributed by atoms with Crippen LogP contribution in [0.1, 0.15) is 11.1 Å². The number of carbonyl (C=O) groups is 2. The summed E-state index contributed by atoms with van der Waals surface area (Å²) in [6.07, 6.45) is -0.0718. The van der Waals surface area contributed by atoms with Crippen LogP contribution in [0, 0.1) is 10.1 Å². The summed E-state index contributed by atoms with van der Waals surface area (Å²) in [6.45, 7) is 0. The lowest BCUT2D eigenvalue weighted by molar-refractivity contribution is -0.384. The number of non-ortho nitro benzene ring substituents is 1. The number of hydrogen-bond acceptors (Lipinski definition) is 4. The van der Waals surface area contributed by atoms with Gasteiger partial charge in [-0.2, -0.15) is 0 Å². The largest absolute Gasteiger partial charge is 0.480 e. The predicted molar refractivity (Wildman–Crippen MR) is 91.5 cm³/mol. The molecule has 2 N–H and O–H groups in total. The van der Waals surface area contributed by atoms with E-state index in [1.807, 2.05) is 0 Å². The number of nitro benzene ring substituents is 1. The second kappa shape index (κ2) is 8.25. The Labute approximate surface area is 148 Å². The minimum absolute atomic E-state index is 0.0799. The molecule has 0 bridgehead atoms. The van der Waals surface area contributed by atoms with Crippen molar-refractivity contribution in [3.8, 4) is 0 Å². The molecule has 0 aliphatic carbocycles. The molecule has 0 unspecified atom stereocenters. The Morgan fingerprint density at radius 1 is 1.16 bits per heavy atom. The molecule has 0 radical (unpaired) electrons. The maximum atomic E-state index is 12.1. The van der Waals surface area contributed by atoms with E-state index >= 15 is 0 Å². The number of carboxylic acids is 1. The van der Waals surface area contributed by atoms with Crippen molar-refractivity contribution >= 4 is 29.2 Å². The van der Waals surface area contributed by atoms with Crippen LogP contribution in [-0.2, 0) is 22.4 Å². The molecule has 0 saturated heterocycles. The zero-order valence-electron chi connectivity index (χ0n) is 13.0. The summed E-state index contributed by atoms with van der Waals surface area (Å²) in [5.74, 6) is -1.71. The Kier molecular flexibility index (Phi) is 6.08. The zero-order valence-corrected chi connectivity index (χ0v) is 13.8. The van der Waals surface area contributed by atoms with Crippen LogP contribution in [0.25, 0.3) is 0 Å². The molecule has 0 fully saturated rings. The molecule has 7 nitrogen and oxygen atoms in total. The van der Waals surface area contributed by atoms with Crippen molar-refractivity contribution in [2.75, 3.05) is 0 Å². The van der Waals surface area contributed by atoms with E-state index in [0.29, 0.717) is 16.1 Å². The van der Waals surface area contributed by atoms with Gasteiger partial charge in [-0.15, -0.1) is 0 Å². The maximum Gasteiger partial charge on any atom is 0.326 e. The van der Waals surface area contributed by atoms with Crippen molar-refractivity contribution in [1.82, 2.24) is 5.32 Å². The van der Waals surface area contributed by atoms with Crippen LogP contribution in [0.3, 0.4) is 0 Å². The lowest BCUT2D eigenvalue weighted by atomic mass is 10.1. The van der Waals surface area contributed by atoms with Crippen LogP contribution >= 0.6 is 11.6 Å². The van der Waals surface area contributed by atoms with E-state index in [9.17, 15) is 24.8 Å². The number of benzene rings is 2. The number of nitrogens with one attached hydrogen (secondary N) is 1. The first-order chi connectivity index (χ1) is 11.8. The minimum Gasteiger partial charge on any atom is -0.480 e. The number of hydrogen-bond donors (Lipinski definition) is 2. The Hall–Kier alpha value is -2.93. The fraction of sp³-hybridized carbons (Fsp3) is 0.176. The van der Waals surface area contributed by atoms with Gasteiger partial charge in [-0.3, -0.25) is 14.9 Å². The van der Waals surface area contributed by atoms with Crippen LogP contribution < -0.4 is 5.32 Å². The molecular formula is C17H15ClN2O5. The zero-order chi connectivity index (χ0) is 18.4. The standard InChI is InChI=1S/C17H15ClN2O5/c18-13-5-1-3-11(7-13)9-15(17(22)23)19-16(21)10-12-4-2-6-14(8-12)20(24)25/h1-8,15H,9-10H2,(H,19,21)(H,22,23)/t15-/m0/s1. The molecule has 2 aromatic rings. The Morgan fingerprint density at radius 3 is 2.48 bits per heavy atom. The van der Waals surface area contributed by atoms with Gasteiger partial charge in [-0.1, -0.05) is 35.9 Å². The average Bonchev–Trinajstić information content (AvgIpc) is 2.54. The Balaban J connectivity index is 2.04. The molecule has 8 heteroatoms. The SMILES string of the molecule is O=C(Cc1cccc([N+](=O)[O-])c1)N[C@@H](Cc1cccc(Cl)c1)C(=O)O. The molecule has 2 rings (SSSR count). The first-order valence-corrected chi connectivity index (χ1v) is 7.73. The van der Waals surface area contributed by atoms with Gasteiger partial charge in [-0.25, -0.2) is 4.79 Å². The van der Waals surface area contributed by atoms with Crippen LogP contribution in [0.4, 0.5) is 5.69 Å². The van der Waals surface area contributed by atoms with Crippen LogP contribution in [0.5, 0.6) is 0 Å². The van der Waals surface area contributed by atoms with Crippen LogP contribution in [-0.4, -0.2) is 27.9 Å². The minimum atomic E-state index is -1.17. The first-order valence-electron chi connectivity index (χ1n) is 7.35. The van der Waals surface area contributed by atoms with E-state index in [2.05, 4.69) is 5.32 Å². The molecule has 0 heterocycles. The number of nitro groups is 1. The Bertz CT molecular complexity index is 809. The highest BCUT2D eigenvalue weighted by atomic mass is 35.5. The highest BCUT2D eigenvalue weighted by Crippen LogP contribution is 2.14. The number of nitrogens with zero attached hydrogens (tertiary/aromatic N) is 1. The first kappa shape index (κ1) is 18.4. The van der Waals surface area contributed by atoms with E-state index in [1.54, 1.807) is 30.3 Å². The number of halogens is 1. The summed E-state index contributed by atoms with van der Waals surface area (Å²) in [5.41, 5.74) is 0.980. The molecule has 1 amide bonds. The molecule has 25 heavy (non-hydrogen) atoms. The van der Waals surface area contributed by atoms with Crippen molar-refractivity contribution in [1.29, 1.82) is 0 Å². The fourth-order valence-corrected chi connectivity index (χ4v) is 2.52. The van der Waals surface area contributed by atoms with E-state index in [-0.39, 0.29) is 18.5 Å². The molecule has 1 atom stereocenters. The van der Waals surface area contributed by atoms with Gasteiger partial charge in [0.25, 0.3) is 5.69 Å². The van der Waals surface area contributed by atoms with Gasteiger partial charge in [0.2, 0.25) is 5.91 Å². The van der Waals surface area contributed by atoms with Gasteiger partial charge < -0.3 is 10.4 Å². The molecule has 0 aromatic heterocycles. The van der Waals surface area contributed by atoms with Gasteiger partial charge in [0.15, 0.2) is 0 Å². The third-order valence-electron chi connectivity index (χ3n) is 3.45. The highest BCUT2D eigenvalue weighted by Gasteiger charge is 2.21. The third-order valence-corrected chi connectivity index (χ3v) is 3.68. The maximum absolute atomic E-state index is 12.1. The predicted octanol–water partition coefficient (Wildman–Crippen LogP) is 2.60. The van der Waals surface area contributed by atoms with Crippen LogP contribution in [0.2, 0.25) is 5.02 Å². The summed E-state index contributed by atoms with van der Waals surface area (Å²) in [4.78, 5) is 33.7. The number of aliphatic carboxylic acids is 1. The summed E-state index contributed by atoms with van der Waals surface area (Å²) in [5, 5.41) is 23.0. The second-order valence-electron chi connectivity index (χ2n) is 5.40. The van der Waals surface area contributed by atoms with Gasteiger partial charge in [0, 0.05) is 23.6 Å². The van der Waals surface area contributed by atoms with Gasteiger partial charge in [0.05, 0.1) is 11.3 Å². The molecule has 0 aliphatic rings. The topological polar surface area (TPSA) is 110 Å². The normalized spacial score (nSPS) is 11.6. The lowest BCUT2D eigenvalue weighted by Crippen LogP contribution is -2.43. The van der Waals surface area contributed by atoms with Gasteiger partial charge in [-0.05, 0) is 23.3 Å². The molecule has 130 valence electrons. The molecule has 0 spiro atoms. The second-order valence-corrected chi connectivity index (χ2v) is 5.83. The van der Waals surface area contributed by atoms with Gasteiger partial charge in [0.1, 0.15) is 6.04 Å². The fourth-order valence-electron chi connectivity index (χ4n) is 2.31. The van der Waals surface area contributed by atoms with Crippen molar-refractivity contribution in [2.45, 2.75) is 18.9 Å². The van der Waals surface area contributed by atoms with Gasteiger partial charge >= 0.3 is 5.97 Å². The lowest BCUT2D eigenvalue weighted by Gasteiger charge is -2.15. The van der Waals surface area contributed by atoms with E-state index < -0.39 is 22.8 Å². The molecular weight excluding hydrogens is 348 g/mol. The number of amides is 1. The number of carbonyl (C=O) groups excluding carboxylic acids is 1. The van der Waals surface area contributed by atoms with E-state index in [4.69, 9.17) is 11.6 Å². The molecule has 0 saturated carbocycles. The summed E-state index contributed by atoms with van der Waals surface area (Å²) in [7, 11) is 0. The van der Waals surface area contributed by atoms with Crippen molar-refractivity contribution in [3.63, 3.8) is 0 Å². The molecule has 0 aliphatic heterocycles. The van der Waals surface area contributed by atoms with E-state index in [1.165, 1.54) is 18.2 Å². The molecule has 2 aromatic carbocycles. The smallest absolute Gasteiger partial charge is 0.326 e. The monoisotopic (exact) mass is 362 g/mol. The summed E-state index contributed by atoms with van der Waals surface area (Å²) in [6, 6.07) is 11.2. The van der Waals surface area contributed by atoms with E-state index in [0.717, 1.165) is 0 Å². The highest BCUT2D eigenvalue weighted by molar-refractivity contribution is 6.30. The number of rotatable bonds is 7. The van der Waals surface area contributed by atoms with Crippen molar-refractivity contribution < 1.29 is 19.6 Å².